The van der Waals surface area contributed by atoms with Crippen molar-refractivity contribution in [3.8, 4) is 0 Å². The zero-order valence-electron chi connectivity index (χ0n) is 9.27. The van der Waals surface area contributed by atoms with Crippen molar-refractivity contribution in [2.24, 2.45) is 5.92 Å². The number of nitrogens with one attached hydrogen (secondary N) is 1. The van der Waals surface area contributed by atoms with Crippen LogP contribution in [0.1, 0.15) is 43.1 Å². The third kappa shape index (κ3) is 2.35. The fourth-order valence-corrected chi connectivity index (χ4v) is 3.05. The Labute approximate surface area is 98.7 Å². The van der Waals surface area contributed by atoms with Gasteiger partial charge in [-0.05, 0) is 25.7 Å². The van der Waals surface area contributed by atoms with E-state index in [-0.39, 0.29) is 5.69 Å². The Morgan fingerprint density at radius 3 is 2.94 bits per heavy atom. The van der Waals surface area contributed by atoms with E-state index < -0.39 is 5.97 Å². The predicted molar refractivity (Wildman–Crippen MR) is 64.1 cm³/mol. The molecule has 4 nitrogen and oxygen atoms in total. The van der Waals surface area contributed by atoms with Crippen molar-refractivity contribution in [2.75, 3.05) is 5.32 Å². The SMILES string of the molecule is CC(Nc1scnc1C(=O)O)C1CCCC1. The van der Waals surface area contributed by atoms with E-state index in [0.29, 0.717) is 17.0 Å². The second-order valence-electron chi connectivity index (χ2n) is 4.31. The smallest absolute Gasteiger partial charge is 0.357 e. The van der Waals surface area contributed by atoms with E-state index in [0.717, 1.165) is 0 Å². The molecule has 1 atom stereocenters. The molecule has 0 radical (unpaired) electrons. The first-order valence-corrected chi connectivity index (χ1v) is 6.49. The van der Waals surface area contributed by atoms with Crippen LogP contribution in [0, 0.1) is 5.92 Å². The molecule has 88 valence electrons. The van der Waals surface area contributed by atoms with E-state index >= 15 is 0 Å². The normalized spacial score (nSPS) is 18.6. The number of carboxylic acids is 1. The van der Waals surface area contributed by atoms with Gasteiger partial charge in [-0.3, -0.25) is 0 Å². The van der Waals surface area contributed by atoms with Gasteiger partial charge >= 0.3 is 5.97 Å². The molecule has 1 unspecified atom stereocenters. The largest absolute Gasteiger partial charge is 0.476 e. The number of carboxylic acid groups (broad SMARTS) is 1. The number of hydrogen-bond donors (Lipinski definition) is 2. The summed E-state index contributed by atoms with van der Waals surface area (Å²) >= 11 is 1.36. The maximum Gasteiger partial charge on any atom is 0.357 e. The highest BCUT2D eigenvalue weighted by molar-refractivity contribution is 7.14. The lowest BCUT2D eigenvalue weighted by Crippen LogP contribution is -2.24. The van der Waals surface area contributed by atoms with Crippen molar-refractivity contribution in [2.45, 2.75) is 38.6 Å². The van der Waals surface area contributed by atoms with Crippen LogP contribution in [0.2, 0.25) is 0 Å². The van der Waals surface area contributed by atoms with Crippen LogP contribution in [0.15, 0.2) is 5.51 Å². The quantitative estimate of drug-likeness (QED) is 0.849. The molecule has 2 rings (SSSR count). The zero-order chi connectivity index (χ0) is 11.5. The summed E-state index contributed by atoms with van der Waals surface area (Å²) in [6.45, 7) is 2.13. The Hall–Kier alpha value is -1.10. The molecule has 0 aliphatic heterocycles. The van der Waals surface area contributed by atoms with E-state index in [9.17, 15) is 4.79 Å². The van der Waals surface area contributed by atoms with Gasteiger partial charge in [0.05, 0.1) is 5.51 Å². The Morgan fingerprint density at radius 2 is 2.31 bits per heavy atom. The molecule has 0 aromatic carbocycles. The lowest BCUT2D eigenvalue weighted by atomic mass is 10.00. The molecule has 1 aliphatic rings. The fourth-order valence-electron chi connectivity index (χ4n) is 2.28. The summed E-state index contributed by atoms with van der Waals surface area (Å²) in [5, 5.41) is 12.9. The van der Waals surface area contributed by atoms with Gasteiger partial charge in [-0.15, -0.1) is 11.3 Å². The summed E-state index contributed by atoms with van der Waals surface area (Å²) in [5.41, 5.74) is 1.72. The molecule has 1 aromatic heterocycles. The van der Waals surface area contributed by atoms with Gasteiger partial charge in [-0.1, -0.05) is 12.8 Å². The third-order valence-electron chi connectivity index (χ3n) is 3.24. The van der Waals surface area contributed by atoms with Crippen LogP contribution in [-0.4, -0.2) is 22.1 Å². The van der Waals surface area contributed by atoms with Gasteiger partial charge in [-0.2, -0.15) is 0 Å². The lowest BCUT2D eigenvalue weighted by molar-refractivity contribution is 0.0692. The average Bonchev–Trinajstić information content (AvgIpc) is 2.86. The Bertz CT molecular complexity index is 372. The third-order valence-corrected chi connectivity index (χ3v) is 3.99. The number of aromatic nitrogens is 1. The van der Waals surface area contributed by atoms with Gasteiger partial charge in [0.2, 0.25) is 0 Å². The van der Waals surface area contributed by atoms with Crippen LogP contribution in [0.25, 0.3) is 0 Å². The highest BCUT2D eigenvalue weighted by Gasteiger charge is 2.23. The molecular weight excluding hydrogens is 224 g/mol. The minimum atomic E-state index is -0.956. The second kappa shape index (κ2) is 4.82. The Morgan fingerprint density at radius 1 is 1.62 bits per heavy atom. The van der Waals surface area contributed by atoms with Crippen LogP contribution < -0.4 is 5.32 Å². The van der Waals surface area contributed by atoms with E-state index in [1.807, 2.05) is 0 Å². The molecule has 0 saturated heterocycles. The summed E-state index contributed by atoms with van der Waals surface area (Å²) in [5.74, 6) is -0.286. The summed E-state index contributed by atoms with van der Waals surface area (Å²) < 4.78 is 0. The van der Waals surface area contributed by atoms with Gasteiger partial charge < -0.3 is 10.4 Å². The summed E-state index contributed by atoms with van der Waals surface area (Å²) in [6, 6.07) is 0.334. The highest BCUT2D eigenvalue weighted by atomic mass is 32.1. The Kier molecular flexibility index (Phi) is 3.43. The Balaban J connectivity index is 2.02. The van der Waals surface area contributed by atoms with Crippen LogP contribution in [0.3, 0.4) is 0 Å². The molecule has 1 aliphatic carbocycles. The molecule has 16 heavy (non-hydrogen) atoms. The first kappa shape index (κ1) is 11.4. The van der Waals surface area contributed by atoms with E-state index in [1.54, 1.807) is 5.51 Å². The number of hydrogen-bond acceptors (Lipinski definition) is 4. The van der Waals surface area contributed by atoms with Gasteiger partial charge in [0.1, 0.15) is 5.00 Å². The van der Waals surface area contributed by atoms with E-state index in [2.05, 4.69) is 17.2 Å². The number of rotatable bonds is 4. The van der Waals surface area contributed by atoms with Crippen molar-refractivity contribution in [3.63, 3.8) is 0 Å². The first-order chi connectivity index (χ1) is 7.68. The molecule has 1 heterocycles. The predicted octanol–water partition coefficient (Wildman–Crippen LogP) is 2.83. The molecular formula is C11H16N2O2S. The van der Waals surface area contributed by atoms with Gasteiger partial charge in [-0.25, -0.2) is 9.78 Å². The van der Waals surface area contributed by atoms with E-state index in [4.69, 9.17) is 5.11 Å². The monoisotopic (exact) mass is 240 g/mol. The van der Waals surface area contributed by atoms with Crippen molar-refractivity contribution >= 4 is 22.3 Å². The number of anilines is 1. The molecule has 0 bridgehead atoms. The van der Waals surface area contributed by atoms with Gasteiger partial charge in [0.25, 0.3) is 0 Å². The summed E-state index contributed by atoms with van der Waals surface area (Å²) in [7, 11) is 0. The molecule has 0 spiro atoms. The maximum atomic E-state index is 10.9. The number of carbonyl (C=O) groups is 1. The lowest BCUT2D eigenvalue weighted by Gasteiger charge is -2.20. The zero-order valence-corrected chi connectivity index (χ0v) is 10.1. The number of nitrogens with zero attached hydrogens (tertiary/aromatic N) is 1. The van der Waals surface area contributed by atoms with Crippen LogP contribution >= 0.6 is 11.3 Å². The topological polar surface area (TPSA) is 62.2 Å². The fraction of sp³-hybridized carbons (Fsp3) is 0.636. The van der Waals surface area contributed by atoms with E-state index in [1.165, 1.54) is 37.0 Å². The molecule has 1 fully saturated rings. The van der Waals surface area contributed by atoms with Crippen LogP contribution in [0.4, 0.5) is 5.00 Å². The highest BCUT2D eigenvalue weighted by Crippen LogP contribution is 2.30. The van der Waals surface area contributed by atoms with Crippen molar-refractivity contribution < 1.29 is 9.90 Å². The first-order valence-electron chi connectivity index (χ1n) is 5.62. The van der Waals surface area contributed by atoms with Crippen LogP contribution in [-0.2, 0) is 0 Å². The number of thiazole rings is 1. The van der Waals surface area contributed by atoms with Crippen molar-refractivity contribution in [3.05, 3.63) is 11.2 Å². The average molecular weight is 240 g/mol. The number of aromatic carboxylic acids is 1. The summed E-state index contributed by atoms with van der Waals surface area (Å²) in [6.07, 6.45) is 5.08. The summed E-state index contributed by atoms with van der Waals surface area (Å²) in [4.78, 5) is 14.7. The minimum absolute atomic E-state index is 0.148. The minimum Gasteiger partial charge on any atom is -0.476 e. The molecule has 5 heteroatoms. The molecule has 1 aromatic rings. The second-order valence-corrected chi connectivity index (χ2v) is 5.17. The van der Waals surface area contributed by atoms with Gasteiger partial charge in [0, 0.05) is 6.04 Å². The molecule has 0 amide bonds. The van der Waals surface area contributed by atoms with Crippen molar-refractivity contribution in [1.29, 1.82) is 0 Å². The molecule has 1 saturated carbocycles. The standard InChI is InChI=1S/C11H16N2O2S/c1-7(8-4-2-3-5-8)13-10-9(11(14)15)12-6-16-10/h6-8,13H,2-5H2,1H3,(H,14,15). The molecule has 2 N–H and O–H groups in total. The van der Waals surface area contributed by atoms with Gasteiger partial charge in [0.15, 0.2) is 5.69 Å². The maximum absolute atomic E-state index is 10.9. The van der Waals surface area contributed by atoms with Crippen LogP contribution in [0.5, 0.6) is 0 Å². The van der Waals surface area contributed by atoms with Crippen molar-refractivity contribution in [1.82, 2.24) is 4.98 Å².